The second-order valence-corrected chi connectivity index (χ2v) is 6.10. The van der Waals surface area contributed by atoms with Crippen LogP contribution in [-0.2, 0) is 9.53 Å². The molecule has 1 amide bonds. The van der Waals surface area contributed by atoms with Gasteiger partial charge in [0.2, 0.25) is 0 Å². The Hall–Kier alpha value is -1.55. The molecule has 0 spiro atoms. The molecule has 0 atom stereocenters. The van der Waals surface area contributed by atoms with Crippen LogP contribution in [0.3, 0.4) is 0 Å². The van der Waals surface area contributed by atoms with Crippen LogP contribution in [0.2, 0.25) is 0 Å². The number of hydrogen-bond acceptors (Lipinski definition) is 3. The first kappa shape index (κ1) is 18.5. The Kier molecular flexibility index (Phi) is 6.88. The number of carbonyl (C=O) groups excluding carboxylic acids is 1. The lowest BCUT2D eigenvalue weighted by Crippen LogP contribution is -2.40. The summed E-state index contributed by atoms with van der Waals surface area (Å²) in [6, 6.07) is 3.87. The van der Waals surface area contributed by atoms with E-state index in [1.807, 2.05) is 32.9 Å². The molecule has 0 unspecified atom stereocenters. The molecular formula is C18H29NO3. The van der Waals surface area contributed by atoms with Gasteiger partial charge in [-0.15, -0.1) is 0 Å². The van der Waals surface area contributed by atoms with Gasteiger partial charge in [0.05, 0.1) is 6.61 Å². The number of carbonyl (C=O) groups is 1. The fraction of sp³-hybridized carbons (Fsp3) is 0.611. The second kappa shape index (κ2) is 8.18. The van der Waals surface area contributed by atoms with E-state index in [0.29, 0.717) is 13.2 Å². The summed E-state index contributed by atoms with van der Waals surface area (Å²) in [6.45, 7) is 12.9. The van der Waals surface area contributed by atoms with Gasteiger partial charge in [-0.3, -0.25) is 4.79 Å². The van der Waals surface area contributed by atoms with Crippen LogP contribution in [0.4, 0.5) is 5.69 Å². The van der Waals surface area contributed by atoms with Crippen LogP contribution in [0.5, 0.6) is 5.75 Å². The lowest BCUT2D eigenvalue weighted by molar-refractivity contribution is -0.137. The molecule has 22 heavy (non-hydrogen) atoms. The van der Waals surface area contributed by atoms with Crippen molar-refractivity contribution in [1.82, 2.24) is 0 Å². The standard InChI is InChI=1S/C18H29NO3/c1-7-9-21-16-13(3)11-15(12-14(16)4)19-17(20)18(5,6)22-10-8-2/h11-12H,7-10H2,1-6H3,(H,19,20). The van der Waals surface area contributed by atoms with Gasteiger partial charge in [0.25, 0.3) is 5.91 Å². The highest BCUT2D eigenvalue weighted by Gasteiger charge is 2.28. The van der Waals surface area contributed by atoms with E-state index in [2.05, 4.69) is 12.2 Å². The predicted octanol–water partition coefficient (Wildman–Crippen LogP) is 4.24. The fourth-order valence-electron chi connectivity index (χ4n) is 2.16. The van der Waals surface area contributed by atoms with Crippen LogP contribution < -0.4 is 10.1 Å². The molecule has 0 heterocycles. The minimum atomic E-state index is -0.838. The Bertz CT molecular complexity index is 486. The molecule has 4 heteroatoms. The van der Waals surface area contributed by atoms with Crippen molar-refractivity contribution in [2.24, 2.45) is 0 Å². The van der Waals surface area contributed by atoms with Crippen LogP contribution in [0.15, 0.2) is 12.1 Å². The quantitative estimate of drug-likeness (QED) is 0.781. The van der Waals surface area contributed by atoms with Gasteiger partial charge in [-0.2, -0.15) is 0 Å². The maximum Gasteiger partial charge on any atom is 0.256 e. The van der Waals surface area contributed by atoms with E-state index in [-0.39, 0.29) is 5.91 Å². The molecule has 0 aliphatic rings. The van der Waals surface area contributed by atoms with E-state index in [0.717, 1.165) is 35.4 Å². The van der Waals surface area contributed by atoms with Crippen molar-refractivity contribution in [2.45, 2.75) is 60.0 Å². The minimum absolute atomic E-state index is 0.137. The molecule has 4 nitrogen and oxygen atoms in total. The first-order chi connectivity index (χ1) is 10.3. The van der Waals surface area contributed by atoms with Crippen molar-refractivity contribution in [3.63, 3.8) is 0 Å². The fourth-order valence-corrected chi connectivity index (χ4v) is 2.16. The second-order valence-electron chi connectivity index (χ2n) is 6.10. The van der Waals surface area contributed by atoms with Gasteiger partial charge in [-0.25, -0.2) is 0 Å². The van der Waals surface area contributed by atoms with E-state index in [9.17, 15) is 4.79 Å². The van der Waals surface area contributed by atoms with Crippen molar-refractivity contribution >= 4 is 11.6 Å². The Balaban J connectivity index is 2.84. The van der Waals surface area contributed by atoms with Crippen LogP contribution in [0, 0.1) is 13.8 Å². The normalized spacial score (nSPS) is 11.4. The predicted molar refractivity (Wildman–Crippen MR) is 90.7 cm³/mol. The maximum atomic E-state index is 12.4. The van der Waals surface area contributed by atoms with Gasteiger partial charge >= 0.3 is 0 Å². The molecule has 0 radical (unpaired) electrons. The zero-order chi connectivity index (χ0) is 16.8. The van der Waals surface area contributed by atoms with Gasteiger partial charge in [0.1, 0.15) is 11.4 Å². The van der Waals surface area contributed by atoms with Crippen molar-refractivity contribution in [3.8, 4) is 5.75 Å². The first-order valence-electron chi connectivity index (χ1n) is 8.01. The summed E-state index contributed by atoms with van der Waals surface area (Å²) >= 11 is 0. The van der Waals surface area contributed by atoms with Crippen molar-refractivity contribution in [2.75, 3.05) is 18.5 Å². The van der Waals surface area contributed by atoms with Gasteiger partial charge < -0.3 is 14.8 Å². The van der Waals surface area contributed by atoms with E-state index < -0.39 is 5.60 Å². The number of ether oxygens (including phenoxy) is 2. The number of aryl methyl sites for hydroxylation is 2. The summed E-state index contributed by atoms with van der Waals surface area (Å²) in [4.78, 5) is 12.4. The molecule has 0 fully saturated rings. The SMILES string of the molecule is CCCOc1c(C)cc(NC(=O)C(C)(C)OCCC)cc1C. The number of hydrogen-bond donors (Lipinski definition) is 1. The Labute approximate surface area is 134 Å². The van der Waals surface area contributed by atoms with Crippen LogP contribution >= 0.6 is 0 Å². The van der Waals surface area contributed by atoms with Gasteiger partial charge in [-0.1, -0.05) is 13.8 Å². The van der Waals surface area contributed by atoms with E-state index in [1.165, 1.54) is 0 Å². The molecule has 0 aliphatic carbocycles. The van der Waals surface area contributed by atoms with Crippen LogP contribution in [0.25, 0.3) is 0 Å². The molecule has 0 saturated carbocycles. The number of nitrogens with one attached hydrogen (secondary N) is 1. The molecular weight excluding hydrogens is 278 g/mol. The maximum absolute atomic E-state index is 12.4. The summed E-state index contributed by atoms with van der Waals surface area (Å²) in [7, 11) is 0. The Morgan fingerprint density at radius 2 is 1.64 bits per heavy atom. The summed E-state index contributed by atoms with van der Waals surface area (Å²) < 4.78 is 11.4. The number of anilines is 1. The molecule has 1 aromatic carbocycles. The Morgan fingerprint density at radius 1 is 1.09 bits per heavy atom. The zero-order valence-corrected chi connectivity index (χ0v) is 14.7. The minimum Gasteiger partial charge on any atom is -0.493 e. The molecule has 1 rings (SSSR count). The number of benzene rings is 1. The largest absolute Gasteiger partial charge is 0.493 e. The van der Waals surface area contributed by atoms with E-state index >= 15 is 0 Å². The number of amides is 1. The summed E-state index contributed by atoms with van der Waals surface area (Å²) in [5.41, 5.74) is 1.99. The topological polar surface area (TPSA) is 47.6 Å². The summed E-state index contributed by atoms with van der Waals surface area (Å²) in [5, 5.41) is 2.94. The van der Waals surface area contributed by atoms with Crippen LogP contribution in [-0.4, -0.2) is 24.7 Å². The lowest BCUT2D eigenvalue weighted by atomic mass is 10.1. The molecule has 0 aliphatic heterocycles. The van der Waals surface area contributed by atoms with Crippen molar-refractivity contribution in [1.29, 1.82) is 0 Å². The monoisotopic (exact) mass is 307 g/mol. The van der Waals surface area contributed by atoms with E-state index in [1.54, 1.807) is 13.8 Å². The molecule has 0 saturated heterocycles. The van der Waals surface area contributed by atoms with Crippen molar-refractivity contribution < 1.29 is 14.3 Å². The van der Waals surface area contributed by atoms with Gasteiger partial charge in [0, 0.05) is 12.3 Å². The van der Waals surface area contributed by atoms with Gasteiger partial charge in [0.15, 0.2) is 0 Å². The van der Waals surface area contributed by atoms with Gasteiger partial charge in [-0.05, 0) is 63.8 Å². The molecule has 1 aromatic rings. The lowest BCUT2D eigenvalue weighted by Gasteiger charge is -2.24. The third-order valence-corrected chi connectivity index (χ3v) is 3.38. The molecule has 1 N–H and O–H groups in total. The van der Waals surface area contributed by atoms with Crippen LogP contribution in [0.1, 0.15) is 51.7 Å². The highest BCUT2D eigenvalue weighted by atomic mass is 16.5. The molecule has 0 aromatic heterocycles. The highest BCUT2D eigenvalue weighted by molar-refractivity contribution is 5.97. The highest BCUT2D eigenvalue weighted by Crippen LogP contribution is 2.28. The average Bonchev–Trinajstić information content (AvgIpc) is 2.44. The van der Waals surface area contributed by atoms with Crippen molar-refractivity contribution in [3.05, 3.63) is 23.3 Å². The summed E-state index contributed by atoms with van der Waals surface area (Å²) in [6.07, 6.45) is 1.86. The number of rotatable bonds is 8. The average molecular weight is 307 g/mol. The third kappa shape index (κ3) is 5.02. The first-order valence-corrected chi connectivity index (χ1v) is 8.01. The third-order valence-electron chi connectivity index (χ3n) is 3.38. The summed E-state index contributed by atoms with van der Waals surface area (Å²) in [5.74, 6) is 0.767. The Morgan fingerprint density at radius 3 is 2.14 bits per heavy atom. The molecule has 124 valence electrons. The van der Waals surface area contributed by atoms with E-state index in [4.69, 9.17) is 9.47 Å². The zero-order valence-electron chi connectivity index (χ0n) is 14.7. The smallest absolute Gasteiger partial charge is 0.256 e. The molecule has 0 bridgehead atoms.